The maximum atomic E-state index is 11.0. The number of nitrogens with zero attached hydrogens (tertiary/aromatic N) is 3. The van der Waals surface area contributed by atoms with Gasteiger partial charge in [-0.15, -0.1) is 0 Å². The topological polar surface area (TPSA) is 81.2 Å². The molecule has 0 unspecified atom stereocenters. The van der Waals surface area contributed by atoms with E-state index in [0.29, 0.717) is 12.5 Å². The molecular weight excluding hydrogens is 276 g/mol. The van der Waals surface area contributed by atoms with Gasteiger partial charge in [-0.2, -0.15) is 5.10 Å². The smallest absolute Gasteiger partial charge is 0.209 e. The number of primary sulfonamides is 1. The SMILES string of the molecule is Cc1cc(C)n(C[C@H]2CCCN2CCCS(N)(=O)=O)n1. The van der Waals surface area contributed by atoms with Crippen LogP contribution in [0.3, 0.4) is 0 Å². The molecule has 0 aromatic carbocycles. The van der Waals surface area contributed by atoms with Crippen LogP contribution < -0.4 is 5.14 Å². The second-order valence-electron chi connectivity index (χ2n) is 5.66. The summed E-state index contributed by atoms with van der Waals surface area (Å²) in [6, 6.07) is 2.54. The lowest BCUT2D eigenvalue weighted by molar-refractivity contribution is 0.226. The van der Waals surface area contributed by atoms with Crippen LogP contribution in [-0.2, 0) is 16.6 Å². The van der Waals surface area contributed by atoms with E-state index in [1.165, 1.54) is 12.1 Å². The first-order valence-electron chi connectivity index (χ1n) is 7.11. The van der Waals surface area contributed by atoms with E-state index in [9.17, 15) is 8.42 Å². The molecule has 1 aliphatic heterocycles. The second-order valence-corrected chi connectivity index (χ2v) is 7.40. The molecule has 1 aromatic rings. The van der Waals surface area contributed by atoms with Crippen molar-refractivity contribution in [1.82, 2.24) is 14.7 Å². The zero-order valence-electron chi connectivity index (χ0n) is 12.2. The molecule has 1 aliphatic rings. The lowest BCUT2D eigenvalue weighted by Crippen LogP contribution is -2.35. The van der Waals surface area contributed by atoms with Gasteiger partial charge in [0.05, 0.1) is 18.0 Å². The molecular formula is C13H24N4O2S. The van der Waals surface area contributed by atoms with Crippen LogP contribution in [-0.4, -0.2) is 48.0 Å². The van der Waals surface area contributed by atoms with Gasteiger partial charge in [0.15, 0.2) is 0 Å². The summed E-state index contributed by atoms with van der Waals surface area (Å²) in [6.45, 7) is 6.78. The third-order valence-corrected chi connectivity index (χ3v) is 4.72. The number of sulfonamides is 1. The molecule has 0 amide bonds. The molecule has 6 nitrogen and oxygen atoms in total. The number of hydrogen-bond donors (Lipinski definition) is 1. The standard InChI is InChI=1S/C13H24N4O2S/c1-11-9-12(2)17(15-11)10-13-5-3-6-16(13)7-4-8-20(14,18)19/h9,13H,3-8,10H2,1-2H3,(H2,14,18,19)/t13-/m1/s1. The van der Waals surface area contributed by atoms with E-state index >= 15 is 0 Å². The van der Waals surface area contributed by atoms with Crippen LogP contribution in [0.1, 0.15) is 30.7 Å². The zero-order valence-corrected chi connectivity index (χ0v) is 13.1. The molecule has 0 radical (unpaired) electrons. The fourth-order valence-corrected chi connectivity index (χ4v) is 3.46. The molecule has 0 saturated carbocycles. The number of aryl methyl sites for hydroxylation is 2. The Labute approximate surface area is 121 Å². The minimum absolute atomic E-state index is 0.0656. The molecule has 1 fully saturated rings. The molecule has 20 heavy (non-hydrogen) atoms. The molecule has 1 atom stereocenters. The van der Waals surface area contributed by atoms with Gasteiger partial charge in [-0.05, 0) is 52.3 Å². The average Bonchev–Trinajstić information content (AvgIpc) is 2.86. The van der Waals surface area contributed by atoms with Crippen LogP contribution in [0, 0.1) is 13.8 Å². The quantitative estimate of drug-likeness (QED) is 0.836. The summed E-state index contributed by atoms with van der Waals surface area (Å²) < 4.78 is 24.0. The second kappa shape index (κ2) is 6.24. The molecule has 114 valence electrons. The highest BCUT2D eigenvalue weighted by Gasteiger charge is 2.25. The number of aromatic nitrogens is 2. The van der Waals surface area contributed by atoms with Gasteiger partial charge < -0.3 is 0 Å². The Kier molecular flexibility index (Phi) is 4.82. The van der Waals surface area contributed by atoms with E-state index in [-0.39, 0.29) is 5.75 Å². The van der Waals surface area contributed by atoms with Crippen LogP contribution in [0.4, 0.5) is 0 Å². The maximum absolute atomic E-state index is 11.0. The van der Waals surface area contributed by atoms with Crippen molar-refractivity contribution in [2.75, 3.05) is 18.8 Å². The Balaban J connectivity index is 1.89. The van der Waals surface area contributed by atoms with Crippen LogP contribution in [0.25, 0.3) is 0 Å². The van der Waals surface area contributed by atoms with Gasteiger partial charge in [0.2, 0.25) is 10.0 Å². The third-order valence-electron chi connectivity index (χ3n) is 3.86. The number of hydrogen-bond acceptors (Lipinski definition) is 4. The fourth-order valence-electron chi connectivity index (χ4n) is 2.92. The number of nitrogens with two attached hydrogens (primary N) is 1. The van der Waals surface area contributed by atoms with Crippen molar-refractivity contribution in [1.29, 1.82) is 0 Å². The van der Waals surface area contributed by atoms with Crippen LogP contribution in [0.2, 0.25) is 0 Å². The van der Waals surface area contributed by atoms with Gasteiger partial charge in [0.1, 0.15) is 0 Å². The van der Waals surface area contributed by atoms with Gasteiger partial charge in [0.25, 0.3) is 0 Å². The van der Waals surface area contributed by atoms with Crippen molar-refractivity contribution >= 4 is 10.0 Å². The van der Waals surface area contributed by atoms with Crippen LogP contribution in [0.15, 0.2) is 6.07 Å². The summed E-state index contributed by atoms with van der Waals surface area (Å²) in [6.07, 6.45) is 2.92. The molecule has 2 N–H and O–H groups in total. The van der Waals surface area contributed by atoms with E-state index in [2.05, 4.69) is 27.7 Å². The molecule has 0 aliphatic carbocycles. The lowest BCUT2D eigenvalue weighted by Gasteiger charge is -2.24. The molecule has 2 rings (SSSR count). The average molecular weight is 300 g/mol. The number of likely N-dealkylation sites (tertiary alicyclic amines) is 1. The van der Waals surface area contributed by atoms with Crippen molar-refractivity contribution in [2.45, 2.75) is 45.7 Å². The third kappa shape index (κ3) is 4.29. The van der Waals surface area contributed by atoms with Gasteiger partial charge in [0, 0.05) is 11.7 Å². The normalized spacial score (nSPS) is 20.6. The van der Waals surface area contributed by atoms with E-state index in [1.54, 1.807) is 0 Å². The maximum Gasteiger partial charge on any atom is 0.209 e. The van der Waals surface area contributed by atoms with E-state index in [4.69, 9.17) is 5.14 Å². The Bertz CT molecular complexity index is 553. The summed E-state index contributed by atoms with van der Waals surface area (Å²) in [7, 11) is -3.34. The Morgan fingerprint density at radius 2 is 2.20 bits per heavy atom. The predicted octanol–water partition coefficient (Wildman–Crippen LogP) is 0.643. The van der Waals surface area contributed by atoms with Crippen molar-refractivity contribution in [3.05, 3.63) is 17.5 Å². The Hall–Kier alpha value is -0.920. The highest BCUT2D eigenvalue weighted by atomic mass is 32.2. The Morgan fingerprint density at radius 3 is 2.80 bits per heavy atom. The molecule has 0 spiro atoms. The first-order chi connectivity index (χ1) is 9.35. The van der Waals surface area contributed by atoms with Gasteiger partial charge in [-0.3, -0.25) is 9.58 Å². The minimum atomic E-state index is -3.34. The first-order valence-corrected chi connectivity index (χ1v) is 8.82. The highest BCUT2D eigenvalue weighted by Crippen LogP contribution is 2.19. The summed E-state index contributed by atoms with van der Waals surface area (Å²) in [5, 5.41) is 9.54. The molecule has 0 bridgehead atoms. The summed E-state index contributed by atoms with van der Waals surface area (Å²) in [5.74, 6) is 0.0656. The first kappa shape index (κ1) is 15.5. The van der Waals surface area contributed by atoms with Crippen molar-refractivity contribution in [2.24, 2.45) is 5.14 Å². The summed E-state index contributed by atoms with van der Waals surface area (Å²) in [5.41, 5.74) is 2.22. The summed E-state index contributed by atoms with van der Waals surface area (Å²) >= 11 is 0. The lowest BCUT2D eigenvalue weighted by atomic mass is 10.2. The highest BCUT2D eigenvalue weighted by molar-refractivity contribution is 7.89. The fraction of sp³-hybridized carbons (Fsp3) is 0.769. The largest absolute Gasteiger partial charge is 0.299 e. The van der Waals surface area contributed by atoms with Crippen molar-refractivity contribution in [3.8, 4) is 0 Å². The van der Waals surface area contributed by atoms with Crippen LogP contribution >= 0.6 is 0 Å². The molecule has 2 heterocycles. The Morgan fingerprint density at radius 1 is 1.45 bits per heavy atom. The number of rotatable bonds is 6. The minimum Gasteiger partial charge on any atom is -0.299 e. The predicted molar refractivity (Wildman–Crippen MR) is 78.9 cm³/mol. The van der Waals surface area contributed by atoms with Gasteiger partial charge in [-0.25, -0.2) is 13.6 Å². The van der Waals surface area contributed by atoms with E-state index in [1.807, 2.05) is 6.92 Å². The van der Waals surface area contributed by atoms with Crippen LogP contribution in [0.5, 0.6) is 0 Å². The summed E-state index contributed by atoms with van der Waals surface area (Å²) in [4.78, 5) is 2.36. The monoisotopic (exact) mass is 300 g/mol. The van der Waals surface area contributed by atoms with Crippen molar-refractivity contribution < 1.29 is 8.42 Å². The molecule has 1 aromatic heterocycles. The molecule has 7 heteroatoms. The van der Waals surface area contributed by atoms with E-state index in [0.717, 1.165) is 31.7 Å². The molecule has 1 saturated heterocycles. The van der Waals surface area contributed by atoms with Crippen molar-refractivity contribution in [3.63, 3.8) is 0 Å². The van der Waals surface area contributed by atoms with E-state index < -0.39 is 10.0 Å². The van der Waals surface area contributed by atoms with Gasteiger partial charge >= 0.3 is 0 Å². The van der Waals surface area contributed by atoms with Gasteiger partial charge in [-0.1, -0.05) is 0 Å². The zero-order chi connectivity index (χ0) is 14.8.